The molecule has 1 aromatic heterocycles. The van der Waals surface area contributed by atoms with Crippen LogP contribution in [0.2, 0.25) is 0 Å². The molecule has 0 aromatic carbocycles. The Balaban J connectivity index is 0.00000112. The lowest BCUT2D eigenvalue weighted by molar-refractivity contribution is -0.129. The summed E-state index contributed by atoms with van der Waals surface area (Å²) in [5.41, 5.74) is 2.37. The van der Waals surface area contributed by atoms with Crippen LogP contribution in [0.1, 0.15) is 105 Å². The van der Waals surface area contributed by atoms with E-state index in [9.17, 15) is 5.11 Å². The molecular weight excluding hydrogens is 380 g/mol. The van der Waals surface area contributed by atoms with Crippen molar-refractivity contribution in [3.05, 3.63) is 18.2 Å². The molecular formula is C28H48N2O. The fourth-order valence-electron chi connectivity index (χ4n) is 9.22. The topological polar surface area (TPSA) is 48.9 Å². The van der Waals surface area contributed by atoms with Crippen molar-refractivity contribution in [3.8, 4) is 0 Å². The van der Waals surface area contributed by atoms with Crippen molar-refractivity contribution in [2.45, 2.75) is 111 Å². The molecule has 0 saturated heterocycles. The Morgan fingerprint density at radius 3 is 2.52 bits per heavy atom. The van der Waals surface area contributed by atoms with Crippen molar-refractivity contribution in [1.82, 2.24) is 9.97 Å². The van der Waals surface area contributed by atoms with Gasteiger partial charge in [0.25, 0.3) is 0 Å². The number of aryl methyl sites for hydroxylation is 1. The summed E-state index contributed by atoms with van der Waals surface area (Å²) in [5.74, 6) is 5.31. The molecule has 3 nitrogen and oxygen atoms in total. The molecule has 1 heterocycles. The quantitative estimate of drug-likeness (QED) is 0.541. The average molecular weight is 429 g/mol. The van der Waals surface area contributed by atoms with Crippen molar-refractivity contribution in [2.24, 2.45) is 46.3 Å². The number of aromatic amines is 1. The van der Waals surface area contributed by atoms with E-state index in [4.69, 9.17) is 0 Å². The summed E-state index contributed by atoms with van der Waals surface area (Å²) in [7, 11) is 0. The first kappa shape index (κ1) is 23.3. The van der Waals surface area contributed by atoms with Crippen LogP contribution in [-0.2, 0) is 6.42 Å². The summed E-state index contributed by atoms with van der Waals surface area (Å²) in [6.45, 7) is 11.8. The third kappa shape index (κ3) is 4.02. The number of rotatable bonds is 4. The van der Waals surface area contributed by atoms with Gasteiger partial charge in [-0.25, -0.2) is 4.98 Å². The van der Waals surface area contributed by atoms with Gasteiger partial charge in [-0.3, -0.25) is 0 Å². The second kappa shape index (κ2) is 9.20. The summed E-state index contributed by atoms with van der Waals surface area (Å²) in [6, 6.07) is 0. The van der Waals surface area contributed by atoms with E-state index in [1.54, 1.807) is 0 Å². The number of nitrogens with zero attached hydrogens (tertiary/aromatic N) is 1. The molecule has 4 saturated carbocycles. The fourth-order valence-corrected chi connectivity index (χ4v) is 9.22. The molecule has 4 aliphatic rings. The highest BCUT2D eigenvalue weighted by molar-refractivity contribution is 5.10. The maximum absolute atomic E-state index is 10.3. The Bertz CT molecular complexity index is 702. The highest BCUT2D eigenvalue weighted by Crippen LogP contribution is 2.68. The zero-order valence-electron chi connectivity index (χ0n) is 20.9. The summed E-state index contributed by atoms with van der Waals surface area (Å²) < 4.78 is 0. The minimum Gasteiger partial charge on any atom is -0.393 e. The first-order valence-electron chi connectivity index (χ1n) is 13.6. The summed E-state index contributed by atoms with van der Waals surface area (Å²) in [5, 5.41) is 10.3. The third-order valence-corrected chi connectivity index (χ3v) is 10.8. The van der Waals surface area contributed by atoms with Gasteiger partial charge < -0.3 is 10.1 Å². The first-order chi connectivity index (χ1) is 14.9. The van der Waals surface area contributed by atoms with Gasteiger partial charge >= 0.3 is 0 Å². The van der Waals surface area contributed by atoms with Crippen LogP contribution in [-0.4, -0.2) is 21.2 Å². The van der Waals surface area contributed by atoms with Gasteiger partial charge in [0.05, 0.1) is 12.4 Å². The van der Waals surface area contributed by atoms with Crippen molar-refractivity contribution in [2.75, 3.05) is 0 Å². The predicted octanol–water partition coefficient (Wildman–Crippen LogP) is 7.02. The second-order valence-corrected chi connectivity index (χ2v) is 11.9. The van der Waals surface area contributed by atoms with Crippen LogP contribution in [0, 0.1) is 46.3 Å². The van der Waals surface area contributed by atoms with Crippen molar-refractivity contribution >= 4 is 0 Å². The normalized spacial score (nSPS) is 45.0. The van der Waals surface area contributed by atoms with Crippen molar-refractivity contribution in [1.29, 1.82) is 0 Å². The minimum absolute atomic E-state index is 0.0231. The van der Waals surface area contributed by atoms with E-state index in [0.717, 1.165) is 54.8 Å². The molecule has 176 valence electrons. The van der Waals surface area contributed by atoms with E-state index in [0.29, 0.717) is 10.8 Å². The van der Waals surface area contributed by atoms with Gasteiger partial charge in [0.2, 0.25) is 0 Å². The third-order valence-electron chi connectivity index (χ3n) is 10.8. The molecule has 0 spiro atoms. The van der Waals surface area contributed by atoms with E-state index >= 15 is 0 Å². The molecule has 9 unspecified atom stereocenters. The Morgan fingerprint density at radius 2 is 1.77 bits per heavy atom. The van der Waals surface area contributed by atoms with E-state index in [2.05, 4.69) is 30.7 Å². The number of fused-ring (bicyclic) bond motifs is 5. The van der Waals surface area contributed by atoms with Crippen molar-refractivity contribution < 1.29 is 5.11 Å². The van der Waals surface area contributed by atoms with Gasteiger partial charge in [0, 0.05) is 11.9 Å². The number of aliphatic hydroxyl groups excluding tert-OH is 1. The number of imidazole rings is 1. The Labute approximate surface area is 191 Å². The molecule has 9 atom stereocenters. The number of hydrogen-bond donors (Lipinski definition) is 2. The summed E-state index contributed by atoms with van der Waals surface area (Å²) in [6.07, 6.45) is 18.3. The molecule has 31 heavy (non-hydrogen) atoms. The molecule has 1 aromatic rings. The van der Waals surface area contributed by atoms with Gasteiger partial charge in [0.15, 0.2) is 0 Å². The first-order valence-corrected chi connectivity index (χ1v) is 13.6. The molecule has 5 rings (SSSR count). The SMILES string of the molecule is CC.CC(CCc1cnc[nH]1)C1CCC2C3CCC4CC(O)CCC4(C)C3CCC12C. The van der Waals surface area contributed by atoms with Crippen LogP contribution >= 0.6 is 0 Å². The zero-order valence-corrected chi connectivity index (χ0v) is 20.9. The Hall–Kier alpha value is -0.830. The van der Waals surface area contributed by atoms with Gasteiger partial charge in [-0.15, -0.1) is 0 Å². The average Bonchev–Trinajstić information content (AvgIpc) is 3.41. The van der Waals surface area contributed by atoms with Crippen LogP contribution in [0.25, 0.3) is 0 Å². The molecule has 0 radical (unpaired) electrons. The Morgan fingerprint density at radius 1 is 1.03 bits per heavy atom. The van der Waals surface area contributed by atoms with E-state index in [1.807, 2.05) is 26.4 Å². The maximum atomic E-state index is 10.3. The van der Waals surface area contributed by atoms with Gasteiger partial charge in [0.1, 0.15) is 0 Å². The van der Waals surface area contributed by atoms with Crippen LogP contribution in [0.15, 0.2) is 12.5 Å². The lowest BCUT2D eigenvalue weighted by Crippen LogP contribution is -2.54. The smallest absolute Gasteiger partial charge is 0.0921 e. The maximum Gasteiger partial charge on any atom is 0.0921 e. The van der Waals surface area contributed by atoms with Gasteiger partial charge in [-0.05, 0) is 117 Å². The van der Waals surface area contributed by atoms with Crippen LogP contribution in [0.4, 0.5) is 0 Å². The number of aromatic nitrogens is 2. The van der Waals surface area contributed by atoms with Gasteiger partial charge in [-0.2, -0.15) is 0 Å². The van der Waals surface area contributed by atoms with Crippen LogP contribution in [0.5, 0.6) is 0 Å². The van der Waals surface area contributed by atoms with E-state index in [-0.39, 0.29) is 6.10 Å². The number of hydrogen-bond acceptors (Lipinski definition) is 2. The number of H-pyrrole nitrogens is 1. The number of aliphatic hydroxyl groups is 1. The predicted molar refractivity (Wildman–Crippen MR) is 129 cm³/mol. The van der Waals surface area contributed by atoms with Crippen molar-refractivity contribution in [3.63, 3.8) is 0 Å². The lowest BCUT2D eigenvalue weighted by Gasteiger charge is -2.61. The molecule has 0 amide bonds. The van der Waals surface area contributed by atoms with Crippen LogP contribution in [0.3, 0.4) is 0 Å². The highest BCUT2D eigenvalue weighted by atomic mass is 16.3. The molecule has 4 fully saturated rings. The molecule has 3 heteroatoms. The lowest BCUT2D eigenvalue weighted by atomic mass is 9.44. The monoisotopic (exact) mass is 428 g/mol. The molecule has 0 aliphatic heterocycles. The highest BCUT2D eigenvalue weighted by Gasteiger charge is 2.60. The second-order valence-electron chi connectivity index (χ2n) is 11.9. The molecule has 0 bridgehead atoms. The Kier molecular flexibility index (Phi) is 6.92. The van der Waals surface area contributed by atoms with E-state index < -0.39 is 0 Å². The number of nitrogens with one attached hydrogen (secondary N) is 1. The minimum atomic E-state index is -0.0231. The zero-order chi connectivity index (χ0) is 22.2. The standard InChI is InChI=1S/C26H42N2O.C2H6/c1-17(4-6-19-15-27-16-28-19)22-8-9-23-21-7-5-18-14-20(29)10-12-25(18,2)24(21)11-13-26(22,23)3;1-2/h15-18,20-24,29H,4-14H2,1-3H3,(H,27,28);1-2H3. The summed E-state index contributed by atoms with van der Waals surface area (Å²) in [4.78, 5) is 7.49. The summed E-state index contributed by atoms with van der Waals surface area (Å²) >= 11 is 0. The van der Waals surface area contributed by atoms with Gasteiger partial charge in [-0.1, -0.05) is 34.6 Å². The van der Waals surface area contributed by atoms with Crippen LogP contribution < -0.4 is 0 Å². The van der Waals surface area contributed by atoms with E-state index in [1.165, 1.54) is 57.1 Å². The molecule has 2 N–H and O–H groups in total. The largest absolute Gasteiger partial charge is 0.393 e. The molecule has 4 aliphatic carbocycles. The fraction of sp³-hybridized carbons (Fsp3) is 0.893.